The first-order valence-corrected chi connectivity index (χ1v) is 6.98. The van der Waals surface area contributed by atoms with Crippen molar-refractivity contribution in [2.75, 3.05) is 26.2 Å². The summed E-state index contributed by atoms with van der Waals surface area (Å²) in [5, 5.41) is 0. The third kappa shape index (κ3) is 2.36. The van der Waals surface area contributed by atoms with E-state index < -0.39 is 0 Å². The van der Waals surface area contributed by atoms with Gasteiger partial charge in [0.05, 0.1) is 20.3 Å². The Hall–Kier alpha value is -0.730. The van der Waals surface area contributed by atoms with Gasteiger partial charge in [-0.2, -0.15) is 0 Å². The van der Waals surface area contributed by atoms with Gasteiger partial charge in [0.1, 0.15) is 5.75 Å². The van der Waals surface area contributed by atoms with E-state index in [0.29, 0.717) is 11.8 Å². The van der Waals surface area contributed by atoms with Crippen LogP contribution < -0.4 is 4.74 Å². The lowest BCUT2D eigenvalue weighted by Crippen LogP contribution is -2.47. The third-order valence-corrected chi connectivity index (χ3v) is 3.98. The normalized spacial score (nSPS) is 17.6. The van der Waals surface area contributed by atoms with E-state index in [9.17, 15) is 0 Å². The van der Waals surface area contributed by atoms with Gasteiger partial charge in [-0.15, -0.1) is 11.6 Å². The molecule has 1 saturated heterocycles. The summed E-state index contributed by atoms with van der Waals surface area (Å²) in [5.74, 6) is 2.12. The van der Waals surface area contributed by atoms with Crippen LogP contribution in [0.2, 0.25) is 0 Å². The molecule has 3 heteroatoms. The minimum absolute atomic E-state index is 0.0536. The smallest absolute Gasteiger partial charge is 0.122 e. The molecule has 0 spiro atoms. The Morgan fingerprint density at radius 3 is 2.56 bits per heavy atom. The Morgan fingerprint density at radius 2 is 2.11 bits per heavy atom. The average molecular weight is 269 g/mol. The van der Waals surface area contributed by atoms with Gasteiger partial charge in [0.2, 0.25) is 0 Å². The number of alkyl halides is 1. The number of halogens is 1. The minimum Gasteiger partial charge on any atom is -0.496 e. The second-order valence-electron chi connectivity index (χ2n) is 5.33. The van der Waals surface area contributed by atoms with Crippen molar-refractivity contribution in [2.45, 2.75) is 31.6 Å². The van der Waals surface area contributed by atoms with Crippen LogP contribution in [0.3, 0.4) is 0 Å². The molecule has 0 aliphatic carbocycles. The monoisotopic (exact) mass is 268 g/mol. The zero-order valence-corrected chi connectivity index (χ0v) is 12.1. The van der Waals surface area contributed by atoms with E-state index in [4.69, 9.17) is 21.1 Å². The van der Waals surface area contributed by atoms with Crippen molar-refractivity contribution in [2.24, 2.45) is 0 Å². The van der Waals surface area contributed by atoms with Crippen LogP contribution in [0.4, 0.5) is 0 Å². The zero-order valence-electron chi connectivity index (χ0n) is 11.3. The van der Waals surface area contributed by atoms with Gasteiger partial charge >= 0.3 is 0 Å². The molecule has 1 fully saturated rings. The summed E-state index contributed by atoms with van der Waals surface area (Å²) >= 11 is 5.95. The Morgan fingerprint density at radius 1 is 1.39 bits per heavy atom. The summed E-state index contributed by atoms with van der Waals surface area (Å²) in [6.45, 7) is 5.91. The summed E-state index contributed by atoms with van der Waals surface area (Å²) < 4.78 is 10.9. The summed E-state index contributed by atoms with van der Waals surface area (Å²) in [6.07, 6.45) is 0.937. The highest BCUT2D eigenvalue weighted by molar-refractivity contribution is 6.17. The van der Waals surface area contributed by atoms with Gasteiger partial charge in [0, 0.05) is 16.9 Å². The van der Waals surface area contributed by atoms with E-state index in [0.717, 1.165) is 25.4 Å². The second-order valence-corrected chi connectivity index (χ2v) is 5.70. The van der Waals surface area contributed by atoms with Crippen LogP contribution in [0.15, 0.2) is 18.2 Å². The highest BCUT2D eigenvalue weighted by Gasteiger charge is 2.41. The van der Waals surface area contributed by atoms with E-state index in [-0.39, 0.29) is 5.41 Å². The van der Waals surface area contributed by atoms with Gasteiger partial charge in [0.25, 0.3) is 0 Å². The quantitative estimate of drug-likeness (QED) is 0.758. The van der Waals surface area contributed by atoms with E-state index in [1.807, 2.05) is 0 Å². The zero-order chi connectivity index (χ0) is 13.2. The molecule has 18 heavy (non-hydrogen) atoms. The van der Waals surface area contributed by atoms with Gasteiger partial charge in [-0.05, 0) is 24.0 Å². The molecule has 0 radical (unpaired) electrons. The number of hydrogen-bond acceptors (Lipinski definition) is 2. The number of benzene rings is 1. The average Bonchev–Trinajstić information content (AvgIpc) is 2.33. The van der Waals surface area contributed by atoms with Crippen LogP contribution >= 0.6 is 11.6 Å². The van der Waals surface area contributed by atoms with Crippen molar-refractivity contribution < 1.29 is 9.47 Å². The first kappa shape index (κ1) is 13.7. The molecule has 1 aromatic carbocycles. The molecule has 1 aliphatic heterocycles. The van der Waals surface area contributed by atoms with Crippen LogP contribution in [-0.4, -0.2) is 26.2 Å². The van der Waals surface area contributed by atoms with E-state index in [2.05, 4.69) is 32.0 Å². The van der Waals surface area contributed by atoms with Crippen LogP contribution in [0.5, 0.6) is 5.75 Å². The van der Waals surface area contributed by atoms with Crippen molar-refractivity contribution in [3.8, 4) is 5.75 Å². The molecule has 0 N–H and O–H groups in total. The molecular weight excluding hydrogens is 248 g/mol. The molecule has 1 heterocycles. The van der Waals surface area contributed by atoms with Crippen LogP contribution in [-0.2, 0) is 10.2 Å². The lowest BCUT2D eigenvalue weighted by atomic mass is 9.75. The molecule has 0 unspecified atom stereocenters. The fraction of sp³-hybridized carbons (Fsp3) is 0.600. The lowest BCUT2D eigenvalue weighted by molar-refractivity contribution is -0.0625. The molecule has 0 bridgehead atoms. The molecule has 0 saturated carbocycles. The Balaban J connectivity index is 2.42. The molecule has 0 aromatic heterocycles. The van der Waals surface area contributed by atoms with Gasteiger partial charge in [-0.25, -0.2) is 0 Å². The first-order chi connectivity index (χ1) is 8.63. The highest BCUT2D eigenvalue weighted by atomic mass is 35.5. The minimum atomic E-state index is 0.0536. The third-order valence-electron chi connectivity index (χ3n) is 3.79. The van der Waals surface area contributed by atoms with E-state index in [1.54, 1.807) is 7.11 Å². The lowest BCUT2D eigenvalue weighted by Gasteiger charge is -2.42. The molecule has 2 rings (SSSR count). The van der Waals surface area contributed by atoms with Crippen LogP contribution in [0.1, 0.15) is 37.3 Å². The van der Waals surface area contributed by atoms with Gasteiger partial charge in [-0.3, -0.25) is 0 Å². The predicted octanol–water partition coefficient (Wildman–Crippen LogP) is 3.72. The Bertz CT molecular complexity index is 411. The molecule has 1 aromatic rings. The maximum Gasteiger partial charge on any atom is 0.122 e. The maximum atomic E-state index is 5.95. The molecular formula is C15H21ClO2. The van der Waals surface area contributed by atoms with E-state index >= 15 is 0 Å². The van der Waals surface area contributed by atoms with Gasteiger partial charge in [-0.1, -0.05) is 26.0 Å². The predicted molar refractivity (Wildman–Crippen MR) is 74.9 cm³/mol. The summed E-state index contributed by atoms with van der Waals surface area (Å²) in [6, 6.07) is 6.47. The number of rotatable bonds is 5. The second kappa shape index (κ2) is 5.50. The SMILES string of the molecule is COc1ccc(C(C)C)cc1C1(CCCl)COC1. The maximum absolute atomic E-state index is 5.95. The van der Waals surface area contributed by atoms with Crippen LogP contribution in [0.25, 0.3) is 0 Å². The fourth-order valence-electron chi connectivity index (χ4n) is 2.46. The van der Waals surface area contributed by atoms with Gasteiger partial charge in [0.15, 0.2) is 0 Å². The van der Waals surface area contributed by atoms with Crippen molar-refractivity contribution in [3.63, 3.8) is 0 Å². The highest BCUT2D eigenvalue weighted by Crippen LogP contribution is 2.42. The van der Waals surface area contributed by atoms with Gasteiger partial charge < -0.3 is 9.47 Å². The van der Waals surface area contributed by atoms with Crippen molar-refractivity contribution >= 4 is 11.6 Å². The summed E-state index contributed by atoms with van der Waals surface area (Å²) in [4.78, 5) is 0. The van der Waals surface area contributed by atoms with Crippen molar-refractivity contribution in [1.29, 1.82) is 0 Å². The topological polar surface area (TPSA) is 18.5 Å². The number of hydrogen-bond donors (Lipinski definition) is 0. The molecule has 1 aliphatic rings. The molecule has 100 valence electrons. The fourth-order valence-corrected chi connectivity index (χ4v) is 2.82. The van der Waals surface area contributed by atoms with Crippen molar-refractivity contribution in [3.05, 3.63) is 29.3 Å². The number of ether oxygens (including phenoxy) is 2. The first-order valence-electron chi connectivity index (χ1n) is 6.45. The standard InChI is InChI=1S/C15H21ClO2/c1-11(2)12-4-5-14(17-3)13(8-12)15(6-7-16)9-18-10-15/h4-5,8,11H,6-7,9-10H2,1-3H3. The number of methoxy groups -OCH3 is 1. The molecule has 0 amide bonds. The van der Waals surface area contributed by atoms with Crippen LogP contribution in [0, 0.1) is 0 Å². The summed E-state index contributed by atoms with van der Waals surface area (Å²) in [5.41, 5.74) is 2.65. The largest absolute Gasteiger partial charge is 0.496 e. The molecule has 2 nitrogen and oxygen atoms in total. The van der Waals surface area contributed by atoms with E-state index in [1.165, 1.54) is 11.1 Å². The summed E-state index contributed by atoms with van der Waals surface area (Å²) in [7, 11) is 1.72. The van der Waals surface area contributed by atoms with Crippen molar-refractivity contribution in [1.82, 2.24) is 0 Å². The Kier molecular flexibility index (Phi) is 4.18. The Labute approximate surface area is 114 Å². The molecule has 0 atom stereocenters.